The number of rotatable bonds is 6. The highest BCUT2D eigenvalue weighted by molar-refractivity contribution is 5.89. The molecule has 0 fully saturated rings. The number of non-ortho nitro benzene ring substituents is 1. The van der Waals surface area contributed by atoms with Crippen LogP contribution < -0.4 is 10.7 Å². The molecule has 3 rings (SSSR count). The van der Waals surface area contributed by atoms with Crippen LogP contribution in [0.25, 0.3) is 10.8 Å². The van der Waals surface area contributed by atoms with Gasteiger partial charge in [-0.25, -0.2) is 5.43 Å². The first-order valence-corrected chi connectivity index (χ1v) is 8.50. The van der Waals surface area contributed by atoms with E-state index in [4.69, 9.17) is 0 Å². The van der Waals surface area contributed by atoms with Crippen LogP contribution in [0, 0.1) is 10.1 Å². The molecule has 0 aliphatic heterocycles. The molecule has 3 N–H and O–H groups in total. The van der Waals surface area contributed by atoms with Gasteiger partial charge in [0.15, 0.2) is 0 Å². The lowest BCUT2D eigenvalue weighted by Gasteiger charge is -2.14. The van der Waals surface area contributed by atoms with Gasteiger partial charge in [-0.15, -0.1) is 0 Å². The number of anilines is 1. The van der Waals surface area contributed by atoms with Gasteiger partial charge in [0.1, 0.15) is 11.8 Å². The highest BCUT2D eigenvalue weighted by Crippen LogP contribution is 2.21. The summed E-state index contributed by atoms with van der Waals surface area (Å²) in [4.78, 5) is 22.4. The van der Waals surface area contributed by atoms with Crippen molar-refractivity contribution in [3.63, 3.8) is 0 Å². The van der Waals surface area contributed by atoms with Crippen LogP contribution in [-0.2, 0) is 4.79 Å². The summed E-state index contributed by atoms with van der Waals surface area (Å²) < 4.78 is 0. The van der Waals surface area contributed by atoms with Crippen molar-refractivity contribution in [2.75, 3.05) is 5.32 Å². The Hall–Kier alpha value is -3.94. The number of hydrogen-bond donors (Lipinski definition) is 3. The standard InChI is InChI=1S/C20H18N4O4/c1-13(22-17-7-6-14-4-2-3-5-15(14)10-17)20(26)23-21-12-16-11-18(24(27)28)8-9-19(16)25/h2-13,22,25H,1H3,(H,23,26)/b21-12-/t13-/m0/s1. The van der Waals surface area contributed by atoms with Crippen molar-refractivity contribution in [2.24, 2.45) is 5.10 Å². The normalized spacial score (nSPS) is 12.0. The predicted octanol–water partition coefficient (Wildman–Crippen LogP) is 3.40. The maximum Gasteiger partial charge on any atom is 0.270 e. The van der Waals surface area contributed by atoms with Crippen LogP contribution in [0.15, 0.2) is 65.8 Å². The van der Waals surface area contributed by atoms with Crippen molar-refractivity contribution >= 4 is 34.3 Å². The van der Waals surface area contributed by atoms with E-state index in [1.54, 1.807) is 6.92 Å². The fourth-order valence-electron chi connectivity index (χ4n) is 2.62. The highest BCUT2D eigenvalue weighted by Gasteiger charge is 2.12. The first-order valence-electron chi connectivity index (χ1n) is 8.50. The molecule has 1 amide bonds. The van der Waals surface area contributed by atoms with E-state index in [0.29, 0.717) is 0 Å². The van der Waals surface area contributed by atoms with Gasteiger partial charge in [-0.05, 0) is 35.9 Å². The second-order valence-corrected chi connectivity index (χ2v) is 6.16. The van der Waals surface area contributed by atoms with E-state index in [1.807, 2.05) is 42.5 Å². The van der Waals surface area contributed by atoms with E-state index in [-0.39, 0.29) is 17.0 Å². The van der Waals surface area contributed by atoms with Gasteiger partial charge < -0.3 is 10.4 Å². The van der Waals surface area contributed by atoms with E-state index in [9.17, 15) is 20.0 Å². The van der Waals surface area contributed by atoms with Gasteiger partial charge in [-0.2, -0.15) is 5.10 Å². The van der Waals surface area contributed by atoms with Crippen LogP contribution in [0.3, 0.4) is 0 Å². The van der Waals surface area contributed by atoms with Gasteiger partial charge in [0.25, 0.3) is 11.6 Å². The number of hydrogen-bond acceptors (Lipinski definition) is 6. The molecule has 3 aromatic carbocycles. The maximum absolute atomic E-state index is 12.2. The second kappa shape index (κ2) is 8.17. The van der Waals surface area contributed by atoms with Gasteiger partial charge in [0.2, 0.25) is 0 Å². The van der Waals surface area contributed by atoms with Gasteiger partial charge in [-0.1, -0.05) is 30.3 Å². The Kier molecular flexibility index (Phi) is 5.50. The minimum absolute atomic E-state index is 0.129. The molecular formula is C20H18N4O4. The number of benzene rings is 3. The third-order valence-electron chi connectivity index (χ3n) is 4.13. The number of carbonyl (C=O) groups is 1. The first kappa shape index (κ1) is 18.8. The van der Waals surface area contributed by atoms with Crippen LogP contribution in [0.5, 0.6) is 5.75 Å². The van der Waals surface area contributed by atoms with Gasteiger partial charge in [0.05, 0.1) is 11.1 Å². The number of amides is 1. The number of carbonyl (C=O) groups excluding carboxylic acids is 1. The smallest absolute Gasteiger partial charge is 0.270 e. The van der Waals surface area contributed by atoms with Crippen molar-refractivity contribution in [3.05, 3.63) is 76.3 Å². The molecule has 0 bridgehead atoms. The minimum atomic E-state index is -0.578. The summed E-state index contributed by atoms with van der Waals surface area (Å²) in [7, 11) is 0. The predicted molar refractivity (Wildman–Crippen MR) is 108 cm³/mol. The van der Waals surface area contributed by atoms with Crippen LogP contribution in [0.1, 0.15) is 12.5 Å². The summed E-state index contributed by atoms with van der Waals surface area (Å²) in [5.74, 6) is -0.569. The molecule has 0 aliphatic carbocycles. The fraction of sp³-hybridized carbons (Fsp3) is 0.100. The zero-order valence-electron chi connectivity index (χ0n) is 15.0. The number of nitro groups is 1. The Morgan fingerprint density at radius 1 is 1.14 bits per heavy atom. The lowest BCUT2D eigenvalue weighted by molar-refractivity contribution is -0.384. The summed E-state index contributed by atoms with van der Waals surface area (Å²) in [5.41, 5.74) is 3.09. The summed E-state index contributed by atoms with van der Waals surface area (Å²) in [6.45, 7) is 1.69. The van der Waals surface area contributed by atoms with Crippen LogP contribution in [0.2, 0.25) is 0 Å². The second-order valence-electron chi connectivity index (χ2n) is 6.16. The molecule has 142 valence electrons. The Morgan fingerprint density at radius 3 is 2.64 bits per heavy atom. The molecule has 0 heterocycles. The molecule has 0 spiro atoms. The largest absolute Gasteiger partial charge is 0.507 e. The lowest BCUT2D eigenvalue weighted by Crippen LogP contribution is -2.34. The summed E-state index contributed by atoms with van der Waals surface area (Å²) in [5, 5.41) is 29.5. The van der Waals surface area contributed by atoms with Crippen LogP contribution in [0.4, 0.5) is 11.4 Å². The number of aromatic hydroxyl groups is 1. The van der Waals surface area contributed by atoms with Crippen molar-refractivity contribution in [1.82, 2.24) is 5.43 Å². The molecule has 28 heavy (non-hydrogen) atoms. The zero-order valence-corrected chi connectivity index (χ0v) is 15.0. The van der Waals surface area contributed by atoms with Crippen molar-refractivity contribution < 1.29 is 14.8 Å². The molecule has 8 nitrogen and oxygen atoms in total. The number of phenols is 1. The summed E-state index contributed by atoms with van der Waals surface area (Å²) >= 11 is 0. The van der Waals surface area contributed by atoms with Gasteiger partial charge in [-0.3, -0.25) is 14.9 Å². The van der Waals surface area contributed by atoms with E-state index in [2.05, 4.69) is 15.8 Å². The molecule has 0 unspecified atom stereocenters. The molecule has 1 atom stereocenters. The Labute approximate surface area is 160 Å². The van der Waals surface area contributed by atoms with Crippen molar-refractivity contribution in [1.29, 1.82) is 0 Å². The third kappa shape index (κ3) is 4.42. The number of nitrogens with zero attached hydrogens (tertiary/aromatic N) is 2. The zero-order chi connectivity index (χ0) is 20.1. The van der Waals surface area contributed by atoms with Gasteiger partial charge in [0, 0.05) is 23.4 Å². The summed E-state index contributed by atoms with van der Waals surface area (Å²) in [6.07, 6.45) is 1.16. The van der Waals surface area contributed by atoms with Crippen molar-refractivity contribution in [2.45, 2.75) is 13.0 Å². The van der Waals surface area contributed by atoms with Gasteiger partial charge >= 0.3 is 0 Å². The van der Waals surface area contributed by atoms with E-state index in [1.165, 1.54) is 18.2 Å². The van der Waals surface area contributed by atoms with Crippen LogP contribution >= 0.6 is 0 Å². The molecule has 8 heteroatoms. The van der Waals surface area contributed by atoms with E-state index >= 15 is 0 Å². The maximum atomic E-state index is 12.2. The van der Waals surface area contributed by atoms with E-state index < -0.39 is 16.9 Å². The van der Waals surface area contributed by atoms with E-state index in [0.717, 1.165) is 22.7 Å². The first-order chi connectivity index (χ1) is 13.4. The Balaban J connectivity index is 1.63. The number of nitrogens with one attached hydrogen (secondary N) is 2. The Bertz CT molecular complexity index is 1070. The number of phenolic OH excluding ortho intramolecular Hbond substituents is 1. The topological polar surface area (TPSA) is 117 Å². The van der Waals surface area contributed by atoms with Crippen molar-refractivity contribution in [3.8, 4) is 5.75 Å². The average molecular weight is 378 g/mol. The lowest BCUT2D eigenvalue weighted by atomic mass is 10.1. The number of fused-ring (bicyclic) bond motifs is 1. The third-order valence-corrected chi connectivity index (χ3v) is 4.13. The fourth-order valence-corrected chi connectivity index (χ4v) is 2.62. The molecule has 0 aliphatic rings. The molecule has 0 saturated carbocycles. The van der Waals surface area contributed by atoms with Crippen LogP contribution in [-0.4, -0.2) is 28.2 Å². The molecule has 0 radical (unpaired) electrons. The Morgan fingerprint density at radius 2 is 1.89 bits per heavy atom. The molecular weight excluding hydrogens is 360 g/mol. The highest BCUT2D eigenvalue weighted by atomic mass is 16.6. The molecule has 0 aromatic heterocycles. The number of nitro benzene ring substituents is 1. The molecule has 3 aromatic rings. The average Bonchev–Trinajstić information content (AvgIpc) is 2.69. The summed E-state index contributed by atoms with van der Waals surface area (Å²) in [6, 6.07) is 16.7. The minimum Gasteiger partial charge on any atom is -0.507 e. The monoisotopic (exact) mass is 378 g/mol. The molecule has 0 saturated heterocycles. The number of hydrazone groups is 1. The quantitative estimate of drug-likeness (QED) is 0.345. The SMILES string of the molecule is C[C@H](Nc1ccc2ccccc2c1)C(=O)N/N=C\c1cc([N+](=O)[O-])ccc1O.